The summed E-state index contributed by atoms with van der Waals surface area (Å²) in [5.74, 6) is -0.534. The number of carbonyl (C=O) groups is 1. The molecule has 1 aliphatic rings. The van der Waals surface area contributed by atoms with Gasteiger partial charge in [0.1, 0.15) is 6.61 Å². The van der Waals surface area contributed by atoms with Gasteiger partial charge in [0.25, 0.3) is 0 Å². The van der Waals surface area contributed by atoms with Crippen LogP contribution >= 0.6 is 7.60 Å². The number of hydrogen-bond donors (Lipinski definition) is 2. The van der Waals surface area contributed by atoms with E-state index in [1.54, 1.807) is 0 Å². The van der Waals surface area contributed by atoms with Crippen LogP contribution in [0.25, 0.3) is 0 Å². The summed E-state index contributed by atoms with van der Waals surface area (Å²) in [6.07, 6.45) is 3.79. The lowest BCUT2D eigenvalue weighted by atomic mass is 10.6. The molecule has 106 valence electrons. The second-order valence-corrected chi connectivity index (χ2v) is 5.61. The lowest BCUT2D eigenvalue weighted by molar-refractivity contribution is -0.140. The van der Waals surface area contributed by atoms with Gasteiger partial charge in [-0.3, -0.25) is 9.36 Å². The van der Waals surface area contributed by atoms with E-state index in [1.807, 2.05) is 0 Å². The highest BCUT2D eigenvalue weighted by Crippen LogP contribution is 2.33. The summed E-state index contributed by atoms with van der Waals surface area (Å²) in [6, 6.07) is 0. The minimum Gasteiger partial charge on any atom is -0.465 e. The number of rotatable bonds is 4. The highest BCUT2D eigenvalue weighted by atomic mass is 31.2. The van der Waals surface area contributed by atoms with Crippen LogP contribution in [-0.4, -0.2) is 58.6 Å². The Hall–Kier alpha value is -1.04. The van der Waals surface area contributed by atoms with Crippen LogP contribution in [0.15, 0.2) is 12.4 Å². The van der Waals surface area contributed by atoms with E-state index >= 15 is 0 Å². The molecule has 7 nitrogen and oxygen atoms in total. The normalized spacial score (nSPS) is 14.3. The molecule has 0 bridgehead atoms. The van der Waals surface area contributed by atoms with Crippen LogP contribution < -0.4 is 0 Å². The maximum absolute atomic E-state index is 10.1. The number of ether oxygens (including phenoxy) is 1. The van der Waals surface area contributed by atoms with Gasteiger partial charge in [-0.15, -0.1) is 0 Å². The van der Waals surface area contributed by atoms with Crippen LogP contribution in [0.2, 0.25) is 0 Å². The molecule has 0 fully saturated rings. The van der Waals surface area contributed by atoms with Gasteiger partial charge >= 0.3 is 13.6 Å². The zero-order chi connectivity index (χ0) is 14.2. The lowest BCUT2D eigenvalue weighted by Gasteiger charge is -2.14. The molecule has 0 amide bonds. The van der Waals surface area contributed by atoms with Crippen molar-refractivity contribution < 1.29 is 23.9 Å². The van der Waals surface area contributed by atoms with E-state index in [0.29, 0.717) is 0 Å². The molecule has 0 unspecified atom stereocenters. The minimum atomic E-state index is -4.00. The predicted molar refractivity (Wildman–Crippen MR) is 67.7 cm³/mol. The van der Waals surface area contributed by atoms with Gasteiger partial charge in [0.05, 0.1) is 12.8 Å². The van der Waals surface area contributed by atoms with Crippen LogP contribution in [0, 0.1) is 0 Å². The van der Waals surface area contributed by atoms with Gasteiger partial charge in [-0.1, -0.05) is 0 Å². The fraction of sp³-hybridized carbons (Fsp3) is 0.700. The quantitative estimate of drug-likeness (QED) is 0.569. The third-order valence-corrected chi connectivity index (χ3v) is 2.80. The Kier molecular flexibility index (Phi) is 7.66. The lowest BCUT2D eigenvalue weighted by Crippen LogP contribution is -2.21. The average Bonchev–Trinajstić information content (AvgIpc) is 2.62. The monoisotopic (exact) mass is 280 g/mol. The first-order valence-corrected chi connectivity index (χ1v) is 7.35. The Labute approximate surface area is 107 Å². The smallest absolute Gasteiger partial charge is 0.328 e. The fourth-order valence-electron chi connectivity index (χ4n) is 1.10. The molecule has 0 aliphatic carbocycles. The molecule has 8 heteroatoms. The number of carbonyl (C=O) groups excluding carboxylic acids is 1. The molecule has 0 aromatic carbocycles. The zero-order valence-electron chi connectivity index (χ0n) is 10.9. The first kappa shape index (κ1) is 17.0. The van der Waals surface area contributed by atoms with E-state index < -0.39 is 19.7 Å². The molecule has 0 spiro atoms. The summed E-state index contributed by atoms with van der Waals surface area (Å²) in [4.78, 5) is 31.0. The molecule has 1 rings (SSSR count). The van der Waals surface area contributed by atoms with Crippen LogP contribution in [0.5, 0.6) is 0 Å². The van der Waals surface area contributed by atoms with E-state index in [2.05, 4.69) is 40.9 Å². The molecule has 0 radical (unpaired) electrons. The summed E-state index contributed by atoms with van der Waals surface area (Å²) >= 11 is 0. The first-order chi connectivity index (χ1) is 8.24. The van der Waals surface area contributed by atoms with Gasteiger partial charge in [-0.05, 0) is 6.92 Å². The molecule has 18 heavy (non-hydrogen) atoms. The van der Waals surface area contributed by atoms with Crippen LogP contribution in [0.1, 0.15) is 13.8 Å². The summed E-state index contributed by atoms with van der Waals surface area (Å²) in [5, 5.41) is 0. The fourth-order valence-corrected chi connectivity index (χ4v) is 1.43. The molecule has 0 aromatic heterocycles. The first-order valence-electron chi connectivity index (χ1n) is 5.55. The molecule has 0 aromatic rings. The Morgan fingerprint density at radius 1 is 1.44 bits per heavy atom. The molecule has 2 N–H and O–H groups in total. The van der Waals surface area contributed by atoms with E-state index in [0.717, 1.165) is 13.2 Å². The van der Waals surface area contributed by atoms with Gasteiger partial charge in [-0.25, -0.2) is 0 Å². The Balaban J connectivity index is 0.000000327. The van der Waals surface area contributed by atoms with E-state index in [-0.39, 0.29) is 6.61 Å². The SMILES string of the molecule is CC(=O)OCCP(=O)(O)O.CCN1C=CN(C)C1. The summed E-state index contributed by atoms with van der Waals surface area (Å²) < 4.78 is 14.4. The second-order valence-electron chi connectivity index (χ2n) is 3.83. The van der Waals surface area contributed by atoms with Gasteiger partial charge in [0, 0.05) is 32.9 Å². The van der Waals surface area contributed by atoms with E-state index in [4.69, 9.17) is 9.79 Å². The number of esters is 1. The van der Waals surface area contributed by atoms with Gasteiger partial charge < -0.3 is 24.3 Å². The topological polar surface area (TPSA) is 90.3 Å². The molecule has 1 heterocycles. The number of nitrogens with zero attached hydrogens (tertiary/aromatic N) is 2. The van der Waals surface area contributed by atoms with Crippen molar-refractivity contribution in [1.82, 2.24) is 9.80 Å². The van der Waals surface area contributed by atoms with Crippen molar-refractivity contribution in [3.05, 3.63) is 12.4 Å². The predicted octanol–water partition coefficient (Wildman–Crippen LogP) is 0.410. The molecule has 0 atom stereocenters. The molecule has 0 saturated heterocycles. The maximum Gasteiger partial charge on any atom is 0.328 e. The highest BCUT2D eigenvalue weighted by Gasteiger charge is 2.12. The third-order valence-electron chi connectivity index (χ3n) is 2.03. The largest absolute Gasteiger partial charge is 0.465 e. The van der Waals surface area contributed by atoms with Crippen molar-refractivity contribution >= 4 is 13.6 Å². The Morgan fingerprint density at radius 3 is 2.33 bits per heavy atom. The van der Waals surface area contributed by atoms with Gasteiger partial charge in [0.15, 0.2) is 0 Å². The summed E-state index contributed by atoms with van der Waals surface area (Å²) in [5.41, 5.74) is 0. The number of hydrogen-bond acceptors (Lipinski definition) is 5. The molecule has 0 saturated carbocycles. The molecular formula is C10H21N2O5P. The van der Waals surface area contributed by atoms with Crippen LogP contribution in [-0.2, 0) is 14.1 Å². The summed E-state index contributed by atoms with van der Waals surface area (Å²) in [7, 11) is -1.92. The van der Waals surface area contributed by atoms with Crippen LogP contribution in [0.4, 0.5) is 0 Å². The van der Waals surface area contributed by atoms with E-state index in [9.17, 15) is 9.36 Å². The van der Waals surface area contributed by atoms with Crippen molar-refractivity contribution in [2.24, 2.45) is 0 Å². The Bertz CT molecular complexity index is 328. The minimum absolute atomic E-state index is 0.223. The Morgan fingerprint density at radius 2 is 2.06 bits per heavy atom. The zero-order valence-corrected chi connectivity index (χ0v) is 11.8. The molecular weight excluding hydrogens is 259 g/mol. The van der Waals surface area contributed by atoms with Crippen molar-refractivity contribution in [3.8, 4) is 0 Å². The van der Waals surface area contributed by atoms with Crippen LogP contribution in [0.3, 0.4) is 0 Å². The molecule has 1 aliphatic heterocycles. The average molecular weight is 280 g/mol. The second kappa shape index (κ2) is 8.13. The third kappa shape index (κ3) is 10.1. The van der Waals surface area contributed by atoms with Gasteiger partial charge in [0.2, 0.25) is 0 Å². The van der Waals surface area contributed by atoms with Crippen molar-refractivity contribution in [2.45, 2.75) is 13.8 Å². The highest BCUT2D eigenvalue weighted by molar-refractivity contribution is 7.51. The standard InChI is InChI=1S/C6H12N2.C4H9O5P/c1-3-8-5-4-7(2)6-8;1-4(5)9-2-3-10(6,7)8/h4-5H,3,6H2,1-2H3;2-3H2,1H3,(H2,6,7,8). The van der Waals surface area contributed by atoms with Gasteiger partial charge in [-0.2, -0.15) is 0 Å². The van der Waals surface area contributed by atoms with Crippen molar-refractivity contribution in [1.29, 1.82) is 0 Å². The van der Waals surface area contributed by atoms with Crippen molar-refractivity contribution in [3.63, 3.8) is 0 Å². The van der Waals surface area contributed by atoms with E-state index in [1.165, 1.54) is 6.92 Å². The maximum atomic E-state index is 10.1. The summed E-state index contributed by atoms with van der Waals surface area (Å²) in [6.45, 7) is 5.28. The van der Waals surface area contributed by atoms with Crippen molar-refractivity contribution in [2.75, 3.05) is 33.0 Å².